The highest BCUT2D eigenvalue weighted by Gasteiger charge is 2.45. The Kier molecular flexibility index (Phi) is 6.87. The highest BCUT2D eigenvalue weighted by molar-refractivity contribution is 5.99. The number of methoxy groups -OCH3 is 1. The van der Waals surface area contributed by atoms with Crippen molar-refractivity contribution < 1.29 is 29.0 Å². The van der Waals surface area contributed by atoms with Gasteiger partial charge in [0.25, 0.3) is 0 Å². The van der Waals surface area contributed by atoms with Crippen molar-refractivity contribution in [1.82, 2.24) is 0 Å². The molecule has 0 bridgehead atoms. The van der Waals surface area contributed by atoms with Crippen molar-refractivity contribution in [2.45, 2.75) is 25.7 Å². The molecular formula is C28H27NO6. The summed E-state index contributed by atoms with van der Waals surface area (Å²) in [5, 5.41) is 10.0. The summed E-state index contributed by atoms with van der Waals surface area (Å²) in [7, 11) is 1.51. The maximum atomic E-state index is 13.2. The number of carboxylic acids is 1. The van der Waals surface area contributed by atoms with Gasteiger partial charge < -0.3 is 20.3 Å². The second-order valence-electron chi connectivity index (χ2n) is 8.84. The second kappa shape index (κ2) is 10.0. The number of Topliss-reactive ketones (excluding diaryl/α,β-unsaturated/α-hetero) is 1. The number of hydrogen-bond donors (Lipinski definition) is 2. The summed E-state index contributed by atoms with van der Waals surface area (Å²) in [5.41, 5.74) is 7.81. The SMILES string of the molecule is COc1ccc(C(=O)CC2(C(=O)O)Cc3ccccc3C2)cc1OCCc1cccc(C(N)=O)c1. The van der Waals surface area contributed by atoms with Gasteiger partial charge in [-0.3, -0.25) is 14.4 Å². The Morgan fingerprint density at radius 3 is 2.26 bits per heavy atom. The summed E-state index contributed by atoms with van der Waals surface area (Å²) < 4.78 is 11.3. The number of primary amides is 1. The third-order valence-corrected chi connectivity index (χ3v) is 6.47. The maximum Gasteiger partial charge on any atom is 0.310 e. The standard InChI is InChI=1S/C28H27NO6/c1-34-24-10-9-19(14-25(24)35-12-11-18-5-4-8-20(13-18)26(29)31)23(30)17-28(27(32)33)15-21-6-2-3-7-22(21)16-28/h2-10,13-14H,11-12,15-17H2,1H3,(H2,29,31)(H,32,33). The number of carbonyl (C=O) groups is 3. The van der Waals surface area contributed by atoms with Crippen molar-refractivity contribution in [3.63, 3.8) is 0 Å². The van der Waals surface area contributed by atoms with Crippen LogP contribution in [0.5, 0.6) is 11.5 Å². The highest BCUT2D eigenvalue weighted by Crippen LogP contribution is 2.41. The predicted octanol–water partition coefficient (Wildman–Crippen LogP) is 3.86. The van der Waals surface area contributed by atoms with Crippen LogP contribution in [0.4, 0.5) is 0 Å². The van der Waals surface area contributed by atoms with Crippen LogP contribution in [0.15, 0.2) is 66.7 Å². The van der Waals surface area contributed by atoms with E-state index in [1.165, 1.54) is 7.11 Å². The molecule has 35 heavy (non-hydrogen) atoms. The number of ether oxygens (including phenoxy) is 2. The molecule has 180 valence electrons. The van der Waals surface area contributed by atoms with Crippen LogP contribution in [0, 0.1) is 5.41 Å². The number of benzene rings is 3. The molecule has 1 aliphatic rings. The van der Waals surface area contributed by atoms with Gasteiger partial charge in [0.1, 0.15) is 0 Å². The van der Waals surface area contributed by atoms with Crippen molar-refractivity contribution in [2.75, 3.05) is 13.7 Å². The van der Waals surface area contributed by atoms with Gasteiger partial charge in [0.15, 0.2) is 17.3 Å². The zero-order valence-electron chi connectivity index (χ0n) is 19.5. The van der Waals surface area contributed by atoms with Crippen LogP contribution in [0.1, 0.15) is 43.8 Å². The predicted molar refractivity (Wildman–Crippen MR) is 130 cm³/mol. The van der Waals surface area contributed by atoms with Gasteiger partial charge in [-0.1, -0.05) is 36.4 Å². The molecule has 3 N–H and O–H groups in total. The van der Waals surface area contributed by atoms with Crippen molar-refractivity contribution in [3.8, 4) is 11.5 Å². The van der Waals surface area contributed by atoms with E-state index in [1.54, 1.807) is 36.4 Å². The van der Waals surface area contributed by atoms with Crippen molar-refractivity contribution >= 4 is 17.7 Å². The second-order valence-corrected chi connectivity index (χ2v) is 8.84. The highest BCUT2D eigenvalue weighted by atomic mass is 16.5. The first-order chi connectivity index (χ1) is 16.8. The van der Waals surface area contributed by atoms with E-state index in [9.17, 15) is 19.5 Å². The van der Waals surface area contributed by atoms with E-state index in [2.05, 4.69) is 0 Å². The van der Waals surface area contributed by atoms with E-state index in [1.807, 2.05) is 30.3 Å². The van der Waals surface area contributed by atoms with Gasteiger partial charge in [0, 0.05) is 24.0 Å². The van der Waals surface area contributed by atoms with E-state index < -0.39 is 17.3 Å². The van der Waals surface area contributed by atoms with Gasteiger partial charge in [0.2, 0.25) is 5.91 Å². The molecule has 0 fully saturated rings. The Balaban J connectivity index is 1.48. The molecule has 3 aromatic rings. The summed E-state index contributed by atoms with van der Waals surface area (Å²) >= 11 is 0. The van der Waals surface area contributed by atoms with Gasteiger partial charge in [-0.2, -0.15) is 0 Å². The fraction of sp³-hybridized carbons (Fsp3) is 0.250. The molecule has 7 heteroatoms. The number of ketones is 1. The minimum atomic E-state index is -1.16. The topological polar surface area (TPSA) is 116 Å². The van der Waals surface area contributed by atoms with Gasteiger partial charge in [-0.05, 0) is 59.9 Å². The summed E-state index contributed by atoms with van der Waals surface area (Å²) in [6.45, 7) is 0.282. The van der Waals surface area contributed by atoms with E-state index in [-0.39, 0.29) is 18.8 Å². The Morgan fingerprint density at radius 2 is 1.63 bits per heavy atom. The molecule has 0 aliphatic heterocycles. The monoisotopic (exact) mass is 473 g/mol. The Labute approximate surface area is 203 Å². The van der Waals surface area contributed by atoms with E-state index in [0.717, 1.165) is 16.7 Å². The largest absolute Gasteiger partial charge is 0.493 e. The number of aliphatic carboxylic acids is 1. The lowest BCUT2D eigenvalue weighted by atomic mass is 9.79. The Bertz CT molecular complexity index is 1260. The number of hydrogen-bond acceptors (Lipinski definition) is 5. The molecule has 4 rings (SSSR count). The van der Waals surface area contributed by atoms with E-state index in [4.69, 9.17) is 15.2 Å². The zero-order valence-corrected chi connectivity index (χ0v) is 19.5. The minimum absolute atomic E-state index is 0.108. The molecule has 0 aromatic heterocycles. The van der Waals surface area contributed by atoms with Crippen molar-refractivity contribution in [3.05, 3.63) is 94.5 Å². The molecule has 0 unspecified atom stereocenters. The van der Waals surface area contributed by atoms with Gasteiger partial charge in [-0.25, -0.2) is 0 Å². The molecule has 0 heterocycles. The molecular weight excluding hydrogens is 446 g/mol. The lowest BCUT2D eigenvalue weighted by Gasteiger charge is -2.23. The zero-order chi connectivity index (χ0) is 25.0. The average molecular weight is 474 g/mol. The molecule has 7 nitrogen and oxygen atoms in total. The first-order valence-corrected chi connectivity index (χ1v) is 11.3. The van der Waals surface area contributed by atoms with Crippen molar-refractivity contribution in [1.29, 1.82) is 0 Å². The van der Waals surface area contributed by atoms with Gasteiger partial charge >= 0.3 is 5.97 Å². The quantitative estimate of drug-likeness (QED) is 0.432. The summed E-state index contributed by atoms with van der Waals surface area (Å²) in [4.78, 5) is 36.8. The molecule has 0 atom stereocenters. The summed E-state index contributed by atoms with van der Waals surface area (Å²) in [6.07, 6.45) is 1.06. The first-order valence-electron chi connectivity index (χ1n) is 11.3. The number of amides is 1. The number of carbonyl (C=O) groups excluding carboxylic acids is 2. The molecule has 0 saturated carbocycles. The number of carboxylic acid groups (broad SMARTS) is 1. The number of fused-ring (bicyclic) bond motifs is 1. The van der Waals surface area contributed by atoms with Crippen LogP contribution >= 0.6 is 0 Å². The van der Waals surface area contributed by atoms with Gasteiger partial charge in [0.05, 0.1) is 19.1 Å². The molecule has 0 spiro atoms. The third-order valence-electron chi connectivity index (χ3n) is 6.47. The fourth-order valence-corrected chi connectivity index (χ4v) is 4.58. The molecule has 0 radical (unpaired) electrons. The molecule has 1 aliphatic carbocycles. The summed E-state index contributed by atoms with van der Waals surface area (Å²) in [5.74, 6) is -0.866. The lowest BCUT2D eigenvalue weighted by Crippen LogP contribution is -2.34. The maximum absolute atomic E-state index is 13.2. The van der Waals surface area contributed by atoms with Crippen LogP contribution in [0.25, 0.3) is 0 Å². The molecule has 1 amide bonds. The Morgan fingerprint density at radius 1 is 0.914 bits per heavy atom. The van der Waals surface area contributed by atoms with Gasteiger partial charge in [-0.15, -0.1) is 0 Å². The minimum Gasteiger partial charge on any atom is -0.493 e. The normalized spacial score (nSPS) is 13.6. The van der Waals surface area contributed by atoms with Crippen LogP contribution < -0.4 is 15.2 Å². The van der Waals surface area contributed by atoms with Crippen LogP contribution in [0.3, 0.4) is 0 Å². The van der Waals surface area contributed by atoms with Crippen LogP contribution in [-0.2, 0) is 24.1 Å². The number of rotatable bonds is 10. The molecule has 0 saturated heterocycles. The van der Waals surface area contributed by atoms with E-state index >= 15 is 0 Å². The third kappa shape index (κ3) is 5.19. The van der Waals surface area contributed by atoms with Crippen molar-refractivity contribution in [2.24, 2.45) is 11.1 Å². The summed E-state index contributed by atoms with van der Waals surface area (Å²) in [6, 6.07) is 19.5. The number of nitrogens with two attached hydrogens (primary N) is 1. The molecule has 3 aromatic carbocycles. The average Bonchev–Trinajstić information content (AvgIpc) is 3.23. The smallest absolute Gasteiger partial charge is 0.310 e. The lowest BCUT2D eigenvalue weighted by molar-refractivity contribution is -0.148. The van der Waals surface area contributed by atoms with Crippen LogP contribution in [0.2, 0.25) is 0 Å². The fourth-order valence-electron chi connectivity index (χ4n) is 4.58. The van der Waals surface area contributed by atoms with E-state index in [0.29, 0.717) is 41.9 Å². The first kappa shape index (κ1) is 24.0. The van der Waals surface area contributed by atoms with Crippen LogP contribution in [-0.4, -0.2) is 36.5 Å². The Hall–Kier alpha value is -4.13.